The van der Waals surface area contributed by atoms with Gasteiger partial charge in [-0.3, -0.25) is 9.59 Å². The Hall–Kier alpha value is -2.37. The van der Waals surface area contributed by atoms with Crippen molar-refractivity contribution in [2.75, 3.05) is 13.1 Å². The standard InChI is InChI=1S/C19H24N4O2/c1-22-16-7-3-2-5-13(16)11-15(18(22)24)19(25)23-10-4-6-14(12-23)17-20-8-9-21-17/h8-9,11,14H,2-7,10,12H2,1H3,(H,20,21)/t14-/m0/s1. The number of fused-ring (bicyclic) bond motifs is 1. The van der Waals surface area contributed by atoms with Crippen LogP contribution >= 0.6 is 0 Å². The number of carbonyl (C=O) groups is 1. The van der Waals surface area contributed by atoms with Crippen LogP contribution in [0.3, 0.4) is 0 Å². The predicted octanol–water partition coefficient (Wildman–Crippen LogP) is 2.01. The molecule has 0 bridgehead atoms. The van der Waals surface area contributed by atoms with Crippen LogP contribution < -0.4 is 5.56 Å². The summed E-state index contributed by atoms with van der Waals surface area (Å²) in [7, 11) is 1.80. The van der Waals surface area contributed by atoms with Crippen molar-refractivity contribution >= 4 is 5.91 Å². The Morgan fingerprint density at radius 2 is 2.12 bits per heavy atom. The number of nitrogens with zero attached hydrogens (tertiary/aromatic N) is 3. The van der Waals surface area contributed by atoms with Crippen LogP contribution in [0.5, 0.6) is 0 Å². The fourth-order valence-corrected chi connectivity index (χ4v) is 4.20. The molecular weight excluding hydrogens is 316 g/mol. The highest BCUT2D eigenvalue weighted by atomic mass is 16.2. The molecule has 1 aliphatic carbocycles. The molecule has 1 aliphatic heterocycles. The van der Waals surface area contributed by atoms with Crippen molar-refractivity contribution in [1.29, 1.82) is 0 Å². The molecule has 0 aromatic carbocycles. The highest BCUT2D eigenvalue weighted by Gasteiger charge is 2.29. The molecule has 0 spiro atoms. The molecule has 3 heterocycles. The zero-order chi connectivity index (χ0) is 17.4. The van der Waals surface area contributed by atoms with Crippen molar-refractivity contribution in [1.82, 2.24) is 19.4 Å². The first kappa shape index (κ1) is 16.1. The lowest BCUT2D eigenvalue weighted by molar-refractivity contribution is 0.0702. The van der Waals surface area contributed by atoms with Gasteiger partial charge in [-0.15, -0.1) is 0 Å². The summed E-state index contributed by atoms with van der Waals surface area (Å²) in [5.74, 6) is 1.01. The van der Waals surface area contributed by atoms with Crippen LogP contribution in [0.1, 0.15) is 59.0 Å². The van der Waals surface area contributed by atoms with Gasteiger partial charge in [0.15, 0.2) is 0 Å². The molecule has 2 aliphatic rings. The molecule has 1 atom stereocenters. The second-order valence-electron chi connectivity index (χ2n) is 7.17. The van der Waals surface area contributed by atoms with E-state index in [4.69, 9.17) is 0 Å². The van der Waals surface area contributed by atoms with Gasteiger partial charge in [0.2, 0.25) is 0 Å². The smallest absolute Gasteiger partial charge is 0.263 e. The second-order valence-corrected chi connectivity index (χ2v) is 7.17. The first-order chi connectivity index (χ1) is 12.1. The summed E-state index contributed by atoms with van der Waals surface area (Å²) in [4.78, 5) is 35.1. The third-order valence-electron chi connectivity index (χ3n) is 5.58. The topological polar surface area (TPSA) is 71.0 Å². The number of imidazole rings is 1. The van der Waals surface area contributed by atoms with Gasteiger partial charge < -0.3 is 14.5 Å². The number of H-pyrrole nitrogens is 1. The van der Waals surface area contributed by atoms with E-state index in [2.05, 4.69) is 9.97 Å². The fraction of sp³-hybridized carbons (Fsp3) is 0.526. The second kappa shape index (κ2) is 6.50. The SMILES string of the molecule is Cn1c2c(cc(C(=O)N3CCC[C@H](c4ncc[nH]4)C3)c1=O)CCCC2. The van der Waals surface area contributed by atoms with Crippen molar-refractivity contribution in [3.63, 3.8) is 0 Å². The van der Waals surface area contributed by atoms with E-state index in [1.165, 1.54) is 0 Å². The molecule has 0 unspecified atom stereocenters. The number of amides is 1. The Labute approximate surface area is 146 Å². The number of hydrogen-bond donors (Lipinski definition) is 1. The van der Waals surface area contributed by atoms with Crippen molar-refractivity contribution in [3.8, 4) is 0 Å². The van der Waals surface area contributed by atoms with Crippen LogP contribution in [0.2, 0.25) is 0 Å². The van der Waals surface area contributed by atoms with E-state index < -0.39 is 0 Å². The molecule has 1 N–H and O–H groups in total. The number of nitrogens with one attached hydrogen (secondary N) is 1. The van der Waals surface area contributed by atoms with Gasteiger partial charge in [-0.1, -0.05) is 0 Å². The molecule has 2 aromatic heterocycles. The molecule has 1 saturated heterocycles. The summed E-state index contributed by atoms with van der Waals surface area (Å²) >= 11 is 0. The Kier molecular flexibility index (Phi) is 4.19. The van der Waals surface area contributed by atoms with E-state index in [9.17, 15) is 9.59 Å². The van der Waals surface area contributed by atoms with Crippen molar-refractivity contribution < 1.29 is 4.79 Å². The Bertz CT molecular complexity index is 838. The van der Waals surface area contributed by atoms with Gasteiger partial charge in [-0.2, -0.15) is 0 Å². The van der Waals surface area contributed by atoms with Crippen molar-refractivity contribution in [2.24, 2.45) is 7.05 Å². The molecule has 132 valence electrons. The van der Waals surface area contributed by atoms with E-state index in [-0.39, 0.29) is 17.4 Å². The Morgan fingerprint density at radius 3 is 2.92 bits per heavy atom. The summed E-state index contributed by atoms with van der Waals surface area (Å²) < 4.78 is 1.69. The van der Waals surface area contributed by atoms with Gasteiger partial charge >= 0.3 is 0 Å². The number of carbonyl (C=O) groups excluding carboxylic acids is 1. The van der Waals surface area contributed by atoms with Crippen molar-refractivity contribution in [3.05, 3.63) is 51.5 Å². The molecule has 1 amide bonds. The molecule has 4 rings (SSSR count). The van der Waals surface area contributed by atoms with E-state index >= 15 is 0 Å². The molecule has 1 fully saturated rings. The quantitative estimate of drug-likeness (QED) is 0.909. The first-order valence-corrected chi connectivity index (χ1v) is 9.15. The third-order valence-corrected chi connectivity index (χ3v) is 5.58. The maximum atomic E-state index is 13.1. The van der Waals surface area contributed by atoms with Crippen LogP contribution in [0, 0.1) is 0 Å². The lowest BCUT2D eigenvalue weighted by Crippen LogP contribution is -2.42. The molecule has 0 radical (unpaired) electrons. The summed E-state index contributed by atoms with van der Waals surface area (Å²) in [6.07, 6.45) is 9.64. The normalized spacial score (nSPS) is 20.4. The number of pyridine rings is 1. The Balaban J connectivity index is 1.62. The number of likely N-dealkylation sites (tertiary alicyclic amines) is 1. The molecule has 25 heavy (non-hydrogen) atoms. The average Bonchev–Trinajstić information content (AvgIpc) is 3.19. The highest BCUT2D eigenvalue weighted by molar-refractivity contribution is 5.94. The average molecular weight is 340 g/mol. The number of hydrogen-bond acceptors (Lipinski definition) is 3. The Morgan fingerprint density at radius 1 is 1.28 bits per heavy atom. The van der Waals surface area contributed by atoms with Crippen LogP contribution in [0.25, 0.3) is 0 Å². The summed E-state index contributed by atoms with van der Waals surface area (Å²) in [6.45, 7) is 1.32. The third kappa shape index (κ3) is 2.90. The molecule has 6 nitrogen and oxygen atoms in total. The van der Waals surface area contributed by atoms with Crippen molar-refractivity contribution in [2.45, 2.75) is 44.4 Å². The van der Waals surface area contributed by atoms with Gasteiger partial charge in [-0.05, 0) is 50.2 Å². The predicted molar refractivity (Wildman–Crippen MR) is 94.8 cm³/mol. The number of piperidine rings is 1. The number of rotatable bonds is 2. The highest BCUT2D eigenvalue weighted by Crippen LogP contribution is 2.26. The van der Waals surface area contributed by atoms with E-state index in [0.29, 0.717) is 18.7 Å². The lowest BCUT2D eigenvalue weighted by atomic mass is 9.93. The van der Waals surface area contributed by atoms with Crippen LogP contribution in [-0.2, 0) is 19.9 Å². The van der Waals surface area contributed by atoms with E-state index in [1.807, 2.05) is 17.2 Å². The number of aryl methyl sites for hydroxylation is 1. The van der Waals surface area contributed by atoms with Gasteiger partial charge in [0.1, 0.15) is 11.4 Å². The minimum Gasteiger partial charge on any atom is -0.348 e. The fourth-order valence-electron chi connectivity index (χ4n) is 4.20. The van der Waals surface area contributed by atoms with Crippen LogP contribution in [0.15, 0.2) is 23.3 Å². The largest absolute Gasteiger partial charge is 0.348 e. The maximum Gasteiger partial charge on any atom is 0.263 e. The summed E-state index contributed by atoms with van der Waals surface area (Å²) in [5.41, 5.74) is 2.42. The zero-order valence-electron chi connectivity index (χ0n) is 14.6. The molecule has 0 saturated carbocycles. The molecule has 2 aromatic rings. The first-order valence-electron chi connectivity index (χ1n) is 9.15. The van der Waals surface area contributed by atoms with Crippen LogP contribution in [-0.4, -0.2) is 38.4 Å². The van der Waals surface area contributed by atoms with Gasteiger partial charge in [0.25, 0.3) is 11.5 Å². The van der Waals surface area contributed by atoms with Gasteiger partial charge in [0.05, 0.1) is 0 Å². The van der Waals surface area contributed by atoms with Gasteiger partial charge in [-0.25, -0.2) is 4.98 Å². The van der Waals surface area contributed by atoms with Crippen LogP contribution in [0.4, 0.5) is 0 Å². The monoisotopic (exact) mass is 340 g/mol. The summed E-state index contributed by atoms with van der Waals surface area (Å²) in [6, 6.07) is 1.86. The zero-order valence-corrected chi connectivity index (χ0v) is 14.6. The molecule has 6 heteroatoms. The minimum absolute atomic E-state index is 0.134. The lowest BCUT2D eigenvalue weighted by Gasteiger charge is -2.32. The van der Waals surface area contributed by atoms with E-state index in [1.54, 1.807) is 17.8 Å². The van der Waals surface area contributed by atoms with E-state index in [0.717, 1.165) is 55.6 Å². The minimum atomic E-state index is -0.161. The van der Waals surface area contributed by atoms with Gasteiger partial charge in [0, 0.05) is 44.1 Å². The molecular formula is C19H24N4O2. The number of aromatic nitrogens is 3. The maximum absolute atomic E-state index is 13.1. The number of aromatic amines is 1. The summed E-state index contributed by atoms with van der Waals surface area (Å²) in [5, 5.41) is 0.